The number of amides is 1. The Morgan fingerprint density at radius 3 is 2.62 bits per heavy atom. The number of hydrogen-bond donors (Lipinski definition) is 0. The smallest absolute Gasteiger partial charge is 0.300 e. The van der Waals surface area contributed by atoms with Crippen molar-refractivity contribution in [2.75, 3.05) is 12.4 Å². The van der Waals surface area contributed by atoms with Gasteiger partial charge in [-0.3, -0.25) is 9.59 Å². The van der Waals surface area contributed by atoms with Crippen molar-refractivity contribution in [3.05, 3.63) is 60.2 Å². The first-order chi connectivity index (χ1) is 13.7. The van der Waals surface area contributed by atoms with Crippen molar-refractivity contribution in [2.24, 2.45) is 0 Å². The number of carbonyl (C=O) groups is 2. The van der Waals surface area contributed by atoms with Gasteiger partial charge in [-0.05, 0) is 30.7 Å². The summed E-state index contributed by atoms with van der Waals surface area (Å²) < 4.78 is 4.33. The summed E-state index contributed by atoms with van der Waals surface area (Å²) in [5.41, 5.74) is 1.80. The maximum atomic E-state index is 12.8. The molecule has 7 heteroatoms. The summed E-state index contributed by atoms with van der Waals surface area (Å²) in [7, 11) is 0. The number of Topliss-reactive ketones (excluding diaryl/α,β-unsaturated/α-hetero) is 1. The first kappa shape index (κ1) is 22.0. The van der Waals surface area contributed by atoms with E-state index < -0.39 is 0 Å². The van der Waals surface area contributed by atoms with E-state index in [1.807, 2.05) is 47.4 Å². The Bertz CT molecular complexity index is 991. The molecule has 0 bridgehead atoms. The van der Waals surface area contributed by atoms with Crippen LogP contribution in [0.25, 0.3) is 10.2 Å². The molecule has 152 valence electrons. The van der Waals surface area contributed by atoms with Crippen molar-refractivity contribution in [3.63, 3.8) is 0 Å². The molecule has 3 aromatic rings. The number of rotatable bonds is 6. The Labute approximate surface area is 189 Å². The number of hydrogen-bond acceptors (Lipinski definition) is 4. The second-order valence-corrected chi connectivity index (χ2v) is 9.17. The number of ketones is 1. The molecule has 4 nitrogen and oxygen atoms in total. The molecule has 1 saturated heterocycles. The highest BCUT2D eigenvalue weighted by atomic mass is 79.9. The average molecular weight is 491 g/mol. The van der Waals surface area contributed by atoms with Gasteiger partial charge < -0.3 is 21.9 Å². The minimum absolute atomic E-state index is 0. The molecular formula is C22H23BrN2O2S2. The third-order valence-corrected chi connectivity index (χ3v) is 7.46. The maximum Gasteiger partial charge on any atom is 0.300 e. The SMILES string of the molecule is O=C(C[n+]1c(SCN2CCCCCC2=O)sc2ccccc21)c1ccccc1.[Br-]. The van der Waals surface area contributed by atoms with Gasteiger partial charge in [-0.2, -0.15) is 4.57 Å². The maximum absolute atomic E-state index is 12.8. The fourth-order valence-corrected chi connectivity index (χ4v) is 5.85. The number of carbonyl (C=O) groups excluding carboxylic acids is 2. The van der Waals surface area contributed by atoms with Crippen molar-refractivity contribution >= 4 is 45.0 Å². The van der Waals surface area contributed by atoms with Gasteiger partial charge in [0.1, 0.15) is 4.70 Å². The first-order valence-corrected chi connectivity index (χ1v) is 11.4. The molecule has 0 saturated carbocycles. The van der Waals surface area contributed by atoms with E-state index in [1.54, 1.807) is 23.1 Å². The van der Waals surface area contributed by atoms with Crippen LogP contribution in [0.4, 0.5) is 0 Å². The van der Waals surface area contributed by atoms with Gasteiger partial charge in [0.15, 0.2) is 0 Å². The van der Waals surface area contributed by atoms with Gasteiger partial charge in [-0.25, -0.2) is 0 Å². The summed E-state index contributed by atoms with van der Waals surface area (Å²) in [5.74, 6) is 0.991. The third-order valence-electron chi connectivity index (χ3n) is 4.99. The van der Waals surface area contributed by atoms with Crippen LogP contribution in [0.15, 0.2) is 58.9 Å². The number of nitrogens with zero attached hydrogens (tertiary/aromatic N) is 2. The van der Waals surface area contributed by atoms with E-state index in [1.165, 1.54) is 0 Å². The van der Waals surface area contributed by atoms with Crippen LogP contribution in [0.5, 0.6) is 0 Å². The lowest BCUT2D eigenvalue weighted by atomic mass is 10.1. The van der Waals surface area contributed by atoms with Crippen LogP contribution in [-0.4, -0.2) is 29.0 Å². The number of likely N-dealkylation sites (tertiary alicyclic amines) is 1. The Kier molecular flexibility index (Phi) is 7.86. The van der Waals surface area contributed by atoms with E-state index in [0.29, 0.717) is 18.8 Å². The van der Waals surface area contributed by atoms with Crippen molar-refractivity contribution in [2.45, 2.75) is 36.6 Å². The molecule has 0 unspecified atom stereocenters. The lowest BCUT2D eigenvalue weighted by molar-refractivity contribution is -0.688. The summed E-state index contributed by atoms with van der Waals surface area (Å²) >= 11 is 3.36. The Hall–Kier alpha value is -1.70. The van der Waals surface area contributed by atoms with Crippen LogP contribution in [0, 0.1) is 0 Å². The Morgan fingerprint density at radius 2 is 1.79 bits per heavy atom. The molecule has 1 aliphatic rings. The number of benzene rings is 2. The molecule has 1 aromatic heterocycles. The van der Waals surface area contributed by atoms with Gasteiger partial charge in [-0.1, -0.05) is 60.2 Å². The molecular weight excluding hydrogens is 468 g/mol. The average Bonchev–Trinajstić information content (AvgIpc) is 2.93. The topological polar surface area (TPSA) is 41.3 Å². The number of aromatic nitrogens is 1. The van der Waals surface area contributed by atoms with Gasteiger partial charge in [0.05, 0.1) is 5.88 Å². The van der Waals surface area contributed by atoms with Crippen molar-refractivity contribution in [3.8, 4) is 0 Å². The summed E-state index contributed by atoms with van der Waals surface area (Å²) in [6.07, 6.45) is 3.85. The zero-order valence-corrected chi connectivity index (χ0v) is 19.3. The molecule has 0 spiro atoms. The van der Waals surface area contributed by atoms with Crippen LogP contribution in [0.1, 0.15) is 36.0 Å². The Morgan fingerprint density at radius 1 is 1.03 bits per heavy atom. The minimum atomic E-state index is 0. The molecule has 2 heterocycles. The lowest BCUT2D eigenvalue weighted by Crippen LogP contribution is -3.00. The van der Waals surface area contributed by atoms with Crippen LogP contribution in [0.3, 0.4) is 0 Å². The molecule has 1 amide bonds. The summed E-state index contributed by atoms with van der Waals surface area (Å²) in [4.78, 5) is 27.1. The van der Waals surface area contributed by atoms with Gasteiger partial charge in [-0.15, -0.1) is 0 Å². The lowest BCUT2D eigenvalue weighted by Gasteiger charge is -2.18. The van der Waals surface area contributed by atoms with Gasteiger partial charge in [0, 0.05) is 24.6 Å². The molecule has 1 aliphatic heterocycles. The fraction of sp³-hybridized carbons (Fsp3) is 0.318. The van der Waals surface area contributed by atoms with Crippen LogP contribution < -0.4 is 21.5 Å². The fourth-order valence-electron chi connectivity index (χ4n) is 3.44. The number of halogens is 1. The highest BCUT2D eigenvalue weighted by Gasteiger charge is 2.26. The third kappa shape index (κ3) is 5.27. The highest BCUT2D eigenvalue weighted by molar-refractivity contribution is 8.00. The second kappa shape index (κ2) is 10.4. The van der Waals surface area contributed by atoms with E-state index in [2.05, 4.69) is 16.7 Å². The summed E-state index contributed by atoms with van der Waals surface area (Å²) in [5, 5.41) is 0. The Balaban J connectivity index is 0.00000240. The van der Waals surface area contributed by atoms with Crippen molar-refractivity contribution in [1.82, 2.24) is 4.90 Å². The van der Waals surface area contributed by atoms with E-state index in [-0.39, 0.29) is 28.7 Å². The van der Waals surface area contributed by atoms with Gasteiger partial charge in [0.2, 0.25) is 23.8 Å². The van der Waals surface area contributed by atoms with Gasteiger partial charge >= 0.3 is 4.34 Å². The van der Waals surface area contributed by atoms with Gasteiger partial charge in [0.25, 0.3) is 0 Å². The van der Waals surface area contributed by atoms with E-state index in [9.17, 15) is 9.59 Å². The predicted molar refractivity (Wildman–Crippen MR) is 114 cm³/mol. The molecule has 0 aliphatic carbocycles. The molecule has 0 atom stereocenters. The van der Waals surface area contributed by atoms with Crippen molar-refractivity contribution < 1.29 is 31.1 Å². The van der Waals surface area contributed by atoms with Crippen LogP contribution in [-0.2, 0) is 11.3 Å². The molecule has 4 rings (SSSR count). The zero-order chi connectivity index (χ0) is 19.3. The summed E-state index contributed by atoms with van der Waals surface area (Å²) in [6, 6.07) is 17.6. The van der Waals surface area contributed by atoms with Crippen LogP contribution in [0.2, 0.25) is 0 Å². The second-order valence-electron chi connectivity index (χ2n) is 6.95. The van der Waals surface area contributed by atoms with Crippen molar-refractivity contribution in [1.29, 1.82) is 0 Å². The monoisotopic (exact) mass is 490 g/mol. The number of thioether (sulfide) groups is 1. The van der Waals surface area contributed by atoms with E-state index in [4.69, 9.17) is 0 Å². The normalized spacial score (nSPS) is 14.5. The highest BCUT2D eigenvalue weighted by Crippen LogP contribution is 2.29. The predicted octanol–water partition coefficient (Wildman–Crippen LogP) is 1.53. The zero-order valence-electron chi connectivity index (χ0n) is 16.1. The quantitative estimate of drug-likeness (QED) is 0.299. The minimum Gasteiger partial charge on any atom is -1.00 e. The standard InChI is InChI=1S/C22H23N2O2S2.BrH/c25-19(17-9-3-1-4-10-17)15-24-18-11-6-7-12-20(18)28-22(24)27-16-23-14-8-2-5-13-21(23)26;/h1,3-4,6-7,9-12H,2,5,8,13-16H2;1H/q+1;/p-1. The summed E-state index contributed by atoms with van der Waals surface area (Å²) in [6.45, 7) is 1.14. The number of para-hydroxylation sites is 1. The first-order valence-electron chi connectivity index (χ1n) is 9.62. The van der Waals surface area contributed by atoms with E-state index >= 15 is 0 Å². The largest absolute Gasteiger partial charge is 1.00 e. The number of thiazole rings is 1. The number of fused-ring (bicyclic) bond motifs is 1. The molecule has 1 fully saturated rings. The molecule has 2 aromatic carbocycles. The van der Waals surface area contributed by atoms with Crippen LogP contribution >= 0.6 is 23.1 Å². The molecule has 0 N–H and O–H groups in total. The van der Waals surface area contributed by atoms with E-state index in [0.717, 1.165) is 45.9 Å². The molecule has 0 radical (unpaired) electrons. The molecule has 29 heavy (non-hydrogen) atoms.